The van der Waals surface area contributed by atoms with Gasteiger partial charge in [0.1, 0.15) is 5.75 Å². The van der Waals surface area contributed by atoms with E-state index < -0.39 is 12.1 Å². The number of hydrogen-bond donors (Lipinski definition) is 2. The lowest BCUT2D eigenvalue weighted by molar-refractivity contribution is -0.145. The van der Waals surface area contributed by atoms with Crippen molar-refractivity contribution in [2.24, 2.45) is 5.92 Å². The molecule has 1 atom stereocenters. The summed E-state index contributed by atoms with van der Waals surface area (Å²) in [5, 5.41) is 12.3. The van der Waals surface area contributed by atoms with Crippen molar-refractivity contribution in [3.63, 3.8) is 0 Å². The first-order valence-corrected chi connectivity index (χ1v) is 6.72. The smallest absolute Gasteiger partial charge is 0.344 e. The van der Waals surface area contributed by atoms with Gasteiger partial charge < -0.3 is 15.2 Å². The highest BCUT2D eigenvalue weighted by molar-refractivity contribution is 5.72. The van der Waals surface area contributed by atoms with E-state index in [2.05, 4.69) is 19.2 Å². The summed E-state index contributed by atoms with van der Waals surface area (Å²) < 4.78 is 5.47. The van der Waals surface area contributed by atoms with Crippen LogP contribution in [-0.2, 0) is 11.3 Å². The first kappa shape index (κ1) is 15.5. The molecule has 0 heterocycles. The molecule has 0 aliphatic rings. The summed E-state index contributed by atoms with van der Waals surface area (Å²) in [6, 6.07) is 7.56. The van der Waals surface area contributed by atoms with Gasteiger partial charge in [0.25, 0.3) is 0 Å². The zero-order valence-corrected chi connectivity index (χ0v) is 11.8. The Hall–Kier alpha value is -1.55. The summed E-state index contributed by atoms with van der Waals surface area (Å²) in [6.45, 7) is 7.83. The van der Waals surface area contributed by atoms with Gasteiger partial charge in [-0.3, -0.25) is 0 Å². The van der Waals surface area contributed by atoms with E-state index >= 15 is 0 Å². The Kier molecular flexibility index (Phi) is 6.36. The second-order valence-electron chi connectivity index (χ2n) is 5.03. The number of benzene rings is 1. The summed E-state index contributed by atoms with van der Waals surface area (Å²) in [6.07, 6.45) is -0.329. The SMILES string of the molecule is CCC(Oc1cccc(CNCC(C)C)c1)C(=O)O. The highest BCUT2D eigenvalue weighted by Crippen LogP contribution is 2.16. The molecule has 1 aromatic rings. The molecule has 1 aromatic carbocycles. The van der Waals surface area contributed by atoms with E-state index in [1.165, 1.54) is 0 Å². The second kappa shape index (κ2) is 7.79. The van der Waals surface area contributed by atoms with Gasteiger partial charge in [-0.05, 0) is 36.6 Å². The predicted octanol–water partition coefficient (Wildman–Crippen LogP) is 2.67. The van der Waals surface area contributed by atoms with Crippen LogP contribution in [0.5, 0.6) is 5.75 Å². The maximum absolute atomic E-state index is 10.9. The van der Waals surface area contributed by atoms with E-state index in [4.69, 9.17) is 9.84 Å². The first-order chi connectivity index (χ1) is 9.02. The van der Waals surface area contributed by atoms with Gasteiger partial charge in [0.05, 0.1) is 0 Å². The third-order valence-corrected chi connectivity index (χ3v) is 2.70. The molecule has 0 spiro atoms. The fourth-order valence-corrected chi connectivity index (χ4v) is 1.71. The fraction of sp³-hybridized carbons (Fsp3) is 0.533. The minimum Gasteiger partial charge on any atom is -0.479 e. The molecule has 19 heavy (non-hydrogen) atoms. The van der Waals surface area contributed by atoms with Crippen molar-refractivity contribution in [2.75, 3.05) is 6.54 Å². The molecule has 0 bridgehead atoms. The Morgan fingerprint density at radius 3 is 2.74 bits per heavy atom. The first-order valence-electron chi connectivity index (χ1n) is 6.72. The molecule has 1 unspecified atom stereocenters. The number of carboxylic acid groups (broad SMARTS) is 1. The molecular formula is C15H23NO3. The fourth-order valence-electron chi connectivity index (χ4n) is 1.71. The van der Waals surface area contributed by atoms with E-state index in [9.17, 15) is 4.79 Å². The summed E-state index contributed by atoms with van der Waals surface area (Å²) >= 11 is 0. The molecule has 2 N–H and O–H groups in total. The molecule has 0 aliphatic heterocycles. The molecule has 106 valence electrons. The summed E-state index contributed by atoms with van der Waals surface area (Å²) in [4.78, 5) is 10.9. The minimum absolute atomic E-state index is 0.450. The van der Waals surface area contributed by atoms with Crippen molar-refractivity contribution < 1.29 is 14.6 Å². The molecule has 0 aromatic heterocycles. The lowest BCUT2D eigenvalue weighted by atomic mass is 10.2. The number of ether oxygens (including phenoxy) is 1. The molecule has 4 heteroatoms. The van der Waals surface area contributed by atoms with E-state index in [1.807, 2.05) is 18.2 Å². The van der Waals surface area contributed by atoms with Crippen LogP contribution in [0.3, 0.4) is 0 Å². The van der Waals surface area contributed by atoms with E-state index in [0.717, 1.165) is 18.7 Å². The molecule has 0 fully saturated rings. The average Bonchev–Trinajstić information content (AvgIpc) is 2.35. The molecule has 0 saturated carbocycles. The quantitative estimate of drug-likeness (QED) is 0.758. The van der Waals surface area contributed by atoms with Crippen LogP contribution >= 0.6 is 0 Å². The zero-order chi connectivity index (χ0) is 14.3. The number of carbonyl (C=O) groups is 1. The second-order valence-corrected chi connectivity index (χ2v) is 5.03. The van der Waals surface area contributed by atoms with E-state index in [1.54, 1.807) is 13.0 Å². The van der Waals surface area contributed by atoms with Gasteiger partial charge in [-0.15, -0.1) is 0 Å². The van der Waals surface area contributed by atoms with Crippen molar-refractivity contribution in [3.05, 3.63) is 29.8 Å². The molecule has 0 aliphatic carbocycles. The zero-order valence-electron chi connectivity index (χ0n) is 11.8. The summed E-state index contributed by atoms with van der Waals surface area (Å²) in [7, 11) is 0. The number of aliphatic carboxylic acids is 1. The Morgan fingerprint density at radius 2 is 2.16 bits per heavy atom. The van der Waals surface area contributed by atoms with Gasteiger partial charge in [0.15, 0.2) is 6.10 Å². The standard InChI is InChI=1S/C15H23NO3/c1-4-14(15(17)18)19-13-7-5-6-12(8-13)10-16-9-11(2)3/h5-8,11,14,16H,4,9-10H2,1-3H3,(H,17,18). The van der Waals surface area contributed by atoms with Crippen LogP contribution in [-0.4, -0.2) is 23.7 Å². The summed E-state index contributed by atoms with van der Waals surface area (Å²) in [5.74, 6) is 0.292. The van der Waals surface area contributed by atoms with Crippen molar-refractivity contribution in [2.45, 2.75) is 39.8 Å². The number of hydrogen-bond acceptors (Lipinski definition) is 3. The average molecular weight is 265 g/mol. The van der Waals surface area contributed by atoms with Crippen LogP contribution in [0.4, 0.5) is 0 Å². The van der Waals surface area contributed by atoms with Crippen molar-refractivity contribution in [1.82, 2.24) is 5.32 Å². The van der Waals surface area contributed by atoms with Crippen LogP contribution in [0.1, 0.15) is 32.8 Å². The minimum atomic E-state index is -0.925. The van der Waals surface area contributed by atoms with Crippen LogP contribution in [0.2, 0.25) is 0 Å². The van der Waals surface area contributed by atoms with Gasteiger partial charge in [0, 0.05) is 6.54 Å². The molecule has 0 saturated heterocycles. The maximum Gasteiger partial charge on any atom is 0.344 e. The normalized spacial score (nSPS) is 12.4. The van der Waals surface area contributed by atoms with Crippen molar-refractivity contribution in [1.29, 1.82) is 0 Å². The Morgan fingerprint density at radius 1 is 1.42 bits per heavy atom. The van der Waals surface area contributed by atoms with Crippen LogP contribution in [0.15, 0.2) is 24.3 Å². The highest BCUT2D eigenvalue weighted by Gasteiger charge is 2.16. The maximum atomic E-state index is 10.9. The van der Waals surface area contributed by atoms with Gasteiger partial charge in [-0.2, -0.15) is 0 Å². The lowest BCUT2D eigenvalue weighted by Crippen LogP contribution is -2.26. The third-order valence-electron chi connectivity index (χ3n) is 2.70. The Bertz CT molecular complexity index is 404. The van der Waals surface area contributed by atoms with E-state index in [0.29, 0.717) is 18.1 Å². The number of carboxylic acids is 1. The predicted molar refractivity (Wildman–Crippen MR) is 75.3 cm³/mol. The van der Waals surface area contributed by atoms with Crippen molar-refractivity contribution >= 4 is 5.97 Å². The molecular weight excluding hydrogens is 242 g/mol. The van der Waals surface area contributed by atoms with Crippen LogP contribution in [0.25, 0.3) is 0 Å². The number of nitrogens with one attached hydrogen (secondary N) is 1. The lowest BCUT2D eigenvalue weighted by Gasteiger charge is -2.14. The molecule has 0 radical (unpaired) electrons. The summed E-state index contributed by atoms with van der Waals surface area (Å²) in [5.41, 5.74) is 1.10. The molecule has 0 amide bonds. The van der Waals surface area contributed by atoms with Crippen LogP contribution in [0, 0.1) is 5.92 Å². The van der Waals surface area contributed by atoms with Gasteiger partial charge in [0.2, 0.25) is 0 Å². The Balaban J connectivity index is 2.58. The van der Waals surface area contributed by atoms with Gasteiger partial charge >= 0.3 is 5.97 Å². The highest BCUT2D eigenvalue weighted by atomic mass is 16.5. The largest absolute Gasteiger partial charge is 0.479 e. The van der Waals surface area contributed by atoms with Gasteiger partial charge in [-0.1, -0.05) is 32.9 Å². The topological polar surface area (TPSA) is 58.6 Å². The Labute approximate surface area is 114 Å². The van der Waals surface area contributed by atoms with Crippen LogP contribution < -0.4 is 10.1 Å². The van der Waals surface area contributed by atoms with Gasteiger partial charge in [-0.25, -0.2) is 4.79 Å². The van der Waals surface area contributed by atoms with E-state index in [-0.39, 0.29) is 0 Å². The van der Waals surface area contributed by atoms with Crippen molar-refractivity contribution in [3.8, 4) is 5.75 Å². The molecule has 4 nitrogen and oxygen atoms in total. The number of rotatable bonds is 8. The monoisotopic (exact) mass is 265 g/mol. The molecule has 1 rings (SSSR count). The third kappa shape index (κ3) is 5.75.